The fourth-order valence-corrected chi connectivity index (χ4v) is 5.61. The van der Waals surface area contributed by atoms with Crippen molar-refractivity contribution in [2.75, 3.05) is 32.8 Å². The molecule has 38 heavy (non-hydrogen) atoms. The Morgan fingerprint density at radius 2 is 1.03 bits per heavy atom. The highest BCUT2D eigenvalue weighted by molar-refractivity contribution is 6.55. The van der Waals surface area contributed by atoms with Crippen molar-refractivity contribution in [3.05, 3.63) is 61.0 Å². The molecule has 0 aliphatic heterocycles. The average molecular weight is 630 g/mol. The van der Waals surface area contributed by atoms with Crippen molar-refractivity contribution in [2.45, 2.75) is 77.7 Å². The minimum atomic E-state index is -0.613. The van der Waals surface area contributed by atoms with Gasteiger partial charge < -0.3 is 19.8 Å². The Kier molecular flexibility index (Phi) is 19.2. The molecule has 0 amide bonds. The number of rotatable bonds is 17. The Labute approximate surface area is 254 Å². The summed E-state index contributed by atoms with van der Waals surface area (Å²) in [4.78, 5) is 0. The lowest BCUT2D eigenvalue weighted by molar-refractivity contribution is -0.941. The summed E-state index contributed by atoms with van der Waals surface area (Å²) < 4.78 is 0.800. The SMILES string of the molecule is CCCCCCCCCCCC[N+](CCO)(CCO)Cc1ccccc1.[O-]c1c(Cl)c(Cl)c(Cl)c(Cl)c1Cl. The molecule has 2 aromatic carbocycles. The van der Waals surface area contributed by atoms with Crippen LogP contribution in [0.2, 0.25) is 25.1 Å². The molecule has 0 saturated carbocycles. The van der Waals surface area contributed by atoms with Crippen molar-refractivity contribution in [2.24, 2.45) is 0 Å². The third-order valence-electron chi connectivity index (χ3n) is 6.67. The van der Waals surface area contributed by atoms with Crippen LogP contribution in [0.4, 0.5) is 0 Å². The standard InChI is InChI=1S/C23H42NO2.C6HCl5O/c1-2-3-4-5-6-7-8-9-10-14-17-24(18-20-25,19-21-26)22-23-15-12-11-13-16-23;7-1-2(8)4(10)6(12)5(11)3(1)9/h11-13,15-16,25-26H,2-10,14,17-22H2,1H3;12H/q+1;/p-1. The number of aliphatic hydroxyl groups excluding tert-OH is 2. The van der Waals surface area contributed by atoms with E-state index in [0.29, 0.717) is 0 Å². The van der Waals surface area contributed by atoms with E-state index in [1.807, 2.05) is 6.07 Å². The molecule has 2 rings (SSSR count). The van der Waals surface area contributed by atoms with Crippen LogP contribution in [0, 0.1) is 0 Å². The highest BCUT2D eigenvalue weighted by atomic mass is 35.5. The molecule has 0 unspecified atom stereocenters. The Morgan fingerprint density at radius 1 is 0.605 bits per heavy atom. The summed E-state index contributed by atoms with van der Waals surface area (Å²) >= 11 is 27.7. The van der Waals surface area contributed by atoms with Gasteiger partial charge in [0.15, 0.2) is 0 Å². The number of nitrogens with zero attached hydrogens (tertiary/aromatic N) is 1. The van der Waals surface area contributed by atoms with Crippen molar-refractivity contribution in [3.8, 4) is 5.75 Å². The second-order valence-corrected chi connectivity index (χ2v) is 11.6. The van der Waals surface area contributed by atoms with Crippen molar-refractivity contribution in [1.29, 1.82) is 0 Å². The first-order chi connectivity index (χ1) is 18.2. The van der Waals surface area contributed by atoms with Crippen LogP contribution in [0.5, 0.6) is 5.75 Å². The second-order valence-electron chi connectivity index (χ2n) is 9.68. The van der Waals surface area contributed by atoms with Gasteiger partial charge in [0.25, 0.3) is 0 Å². The molecule has 0 bridgehead atoms. The molecule has 9 heteroatoms. The minimum absolute atomic E-state index is 0.00654. The molecule has 0 aliphatic carbocycles. The predicted molar refractivity (Wildman–Crippen MR) is 162 cm³/mol. The maximum absolute atomic E-state index is 11.1. The summed E-state index contributed by atoms with van der Waals surface area (Å²) in [6, 6.07) is 10.5. The smallest absolute Gasteiger partial charge is 0.104 e. The zero-order valence-electron chi connectivity index (χ0n) is 22.3. The van der Waals surface area contributed by atoms with E-state index in [4.69, 9.17) is 58.0 Å². The van der Waals surface area contributed by atoms with Crippen LogP contribution in [0.15, 0.2) is 30.3 Å². The number of unbranched alkanes of at least 4 members (excludes halogenated alkanes) is 9. The van der Waals surface area contributed by atoms with Gasteiger partial charge in [-0.15, -0.1) is 0 Å². The van der Waals surface area contributed by atoms with Gasteiger partial charge >= 0.3 is 0 Å². The maximum atomic E-state index is 11.1. The van der Waals surface area contributed by atoms with Crippen molar-refractivity contribution in [3.63, 3.8) is 0 Å². The summed E-state index contributed by atoms with van der Waals surface area (Å²) in [5.41, 5.74) is 1.29. The molecule has 0 radical (unpaired) electrons. The Balaban J connectivity index is 0.000000499. The van der Waals surface area contributed by atoms with Gasteiger partial charge in [0.1, 0.15) is 19.6 Å². The second kappa shape index (κ2) is 20.4. The van der Waals surface area contributed by atoms with Crippen molar-refractivity contribution in [1.82, 2.24) is 0 Å². The van der Waals surface area contributed by atoms with Crippen molar-refractivity contribution >= 4 is 58.0 Å². The predicted octanol–water partition coefficient (Wildman–Crippen LogP) is 8.94. The summed E-state index contributed by atoms with van der Waals surface area (Å²) in [5.74, 6) is -0.613. The normalized spacial score (nSPS) is 11.4. The molecule has 2 aromatic rings. The molecule has 0 fully saturated rings. The van der Waals surface area contributed by atoms with E-state index in [2.05, 4.69) is 31.2 Å². The Hall–Kier alpha value is -0.430. The van der Waals surface area contributed by atoms with Gasteiger partial charge in [0.2, 0.25) is 0 Å². The number of hydrogen-bond acceptors (Lipinski definition) is 3. The fourth-order valence-electron chi connectivity index (χ4n) is 4.49. The van der Waals surface area contributed by atoms with E-state index in [1.54, 1.807) is 0 Å². The zero-order valence-corrected chi connectivity index (χ0v) is 26.1. The first-order valence-corrected chi connectivity index (χ1v) is 15.4. The minimum Gasteiger partial charge on any atom is -0.870 e. The lowest BCUT2D eigenvalue weighted by atomic mass is 10.1. The molecule has 4 nitrogen and oxygen atoms in total. The van der Waals surface area contributed by atoms with Gasteiger partial charge in [-0.1, -0.05) is 152 Å². The van der Waals surface area contributed by atoms with Gasteiger partial charge in [-0.05, 0) is 12.8 Å². The number of hydrogen-bond donors (Lipinski definition) is 2. The van der Waals surface area contributed by atoms with Gasteiger partial charge in [0.05, 0.1) is 44.9 Å². The molecule has 0 spiro atoms. The molecular formula is C29H42Cl5NO3. The summed E-state index contributed by atoms with van der Waals surface area (Å²) in [7, 11) is 0. The number of halogens is 5. The van der Waals surface area contributed by atoms with Crippen LogP contribution in [0.3, 0.4) is 0 Å². The van der Waals surface area contributed by atoms with E-state index in [-0.39, 0.29) is 38.3 Å². The Morgan fingerprint density at radius 3 is 1.47 bits per heavy atom. The van der Waals surface area contributed by atoms with E-state index in [0.717, 1.165) is 30.7 Å². The monoisotopic (exact) mass is 627 g/mol. The molecule has 2 N–H and O–H groups in total. The van der Waals surface area contributed by atoms with Crippen LogP contribution < -0.4 is 5.11 Å². The zero-order chi connectivity index (χ0) is 28.4. The molecule has 0 aromatic heterocycles. The van der Waals surface area contributed by atoms with Crippen LogP contribution in [-0.2, 0) is 6.54 Å². The summed E-state index contributed by atoms with van der Waals surface area (Å²) in [6.07, 6.45) is 13.4. The van der Waals surface area contributed by atoms with Gasteiger partial charge in [0, 0.05) is 5.56 Å². The number of aliphatic hydroxyl groups is 2. The lowest BCUT2D eigenvalue weighted by Crippen LogP contribution is -2.51. The Bertz CT molecular complexity index is 804. The van der Waals surface area contributed by atoms with Crippen LogP contribution in [-0.4, -0.2) is 47.5 Å². The average Bonchev–Trinajstić information content (AvgIpc) is 2.92. The van der Waals surface area contributed by atoms with Gasteiger partial charge in [-0.3, -0.25) is 0 Å². The largest absolute Gasteiger partial charge is 0.870 e. The first kappa shape index (κ1) is 35.6. The molecule has 216 valence electrons. The maximum Gasteiger partial charge on any atom is 0.104 e. The molecule has 0 aliphatic rings. The molecular weight excluding hydrogens is 588 g/mol. The highest BCUT2D eigenvalue weighted by Gasteiger charge is 2.26. The van der Waals surface area contributed by atoms with Crippen molar-refractivity contribution < 1.29 is 19.8 Å². The third-order valence-corrected chi connectivity index (χ3v) is 8.91. The van der Waals surface area contributed by atoms with Crippen LogP contribution in [0.1, 0.15) is 76.7 Å². The first-order valence-electron chi connectivity index (χ1n) is 13.5. The van der Waals surface area contributed by atoms with Crippen LogP contribution in [0.25, 0.3) is 0 Å². The highest BCUT2D eigenvalue weighted by Crippen LogP contribution is 2.46. The van der Waals surface area contributed by atoms with E-state index in [9.17, 15) is 15.3 Å². The topological polar surface area (TPSA) is 63.5 Å². The van der Waals surface area contributed by atoms with E-state index >= 15 is 0 Å². The van der Waals surface area contributed by atoms with Gasteiger partial charge in [-0.25, -0.2) is 0 Å². The molecule has 0 saturated heterocycles. The van der Waals surface area contributed by atoms with E-state index in [1.165, 1.54) is 69.8 Å². The summed E-state index contributed by atoms with van der Waals surface area (Å²) in [6.45, 7) is 6.05. The quantitative estimate of drug-likeness (QED) is 0.0795. The fraction of sp³-hybridized carbons (Fsp3) is 0.586. The van der Waals surface area contributed by atoms with Crippen LogP contribution >= 0.6 is 58.0 Å². The number of quaternary nitrogens is 1. The van der Waals surface area contributed by atoms with Gasteiger partial charge in [-0.2, -0.15) is 0 Å². The molecule has 0 heterocycles. The summed E-state index contributed by atoms with van der Waals surface area (Å²) in [5, 5.41) is 29.6. The lowest BCUT2D eigenvalue weighted by Gasteiger charge is -2.38. The third kappa shape index (κ3) is 12.8. The molecule has 0 atom stereocenters. The number of benzene rings is 2. The van der Waals surface area contributed by atoms with E-state index < -0.39 is 5.75 Å².